The van der Waals surface area contributed by atoms with Gasteiger partial charge in [-0.2, -0.15) is 0 Å². The number of aromatic nitrogens is 2. The average molecular weight is 253 g/mol. The summed E-state index contributed by atoms with van der Waals surface area (Å²) in [6.45, 7) is 5.32. The summed E-state index contributed by atoms with van der Waals surface area (Å²) in [5, 5.41) is 0. The molecule has 0 aliphatic heterocycles. The van der Waals surface area contributed by atoms with Crippen LogP contribution in [0.5, 0.6) is 0 Å². The summed E-state index contributed by atoms with van der Waals surface area (Å²) in [5.74, 6) is -0.171. The van der Waals surface area contributed by atoms with Crippen LogP contribution in [0.1, 0.15) is 38.8 Å². The summed E-state index contributed by atoms with van der Waals surface area (Å²) in [5.41, 5.74) is 7.16. The second-order valence-corrected chi connectivity index (χ2v) is 4.39. The molecule has 0 amide bonds. The standard InChI is InChI=1S/C13H23N3O2/c1-3-7-16-10-15-9-12(16)8-11(14)5-6-13(17)18-4-2/h9-11H,3-8,14H2,1-2H3. The molecule has 0 aromatic carbocycles. The number of esters is 1. The molecule has 2 N–H and O–H groups in total. The van der Waals surface area contributed by atoms with E-state index in [1.54, 1.807) is 6.92 Å². The minimum absolute atomic E-state index is 0.0262. The number of ether oxygens (including phenoxy) is 1. The van der Waals surface area contributed by atoms with Gasteiger partial charge in [0, 0.05) is 37.3 Å². The molecular formula is C13H23N3O2. The van der Waals surface area contributed by atoms with Crippen molar-refractivity contribution >= 4 is 5.97 Å². The van der Waals surface area contributed by atoms with E-state index in [1.807, 2.05) is 12.5 Å². The molecule has 0 aliphatic carbocycles. The first-order chi connectivity index (χ1) is 8.67. The summed E-state index contributed by atoms with van der Waals surface area (Å²) in [6, 6.07) is -0.0262. The molecule has 5 heteroatoms. The Morgan fingerprint density at radius 1 is 1.56 bits per heavy atom. The molecule has 0 bridgehead atoms. The molecule has 1 heterocycles. The van der Waals surface area contributed by atoms with Gasteiger partial charge in [0.15, 0.2) is 0 Å². The Morgan fingerprint density at radius 3 is 3.00 bits per heavy atom. The van der Waals surface area contributed by atoms with Gasteiger partial charge in [-0.1, -0.05) is 6.92 Å². The highest BCUT2D eigenvalue weighted by Crippen LogP contribution is 2.07. The van der Waals surface area contributed by atoms with Gasteiger partial charge < -0.3 is 15.0 Å². The smallest absolute Gasteiger partial charge is 0.305 e. The number of hydrogen-bond acceptors (Lipinski definition) is 4. The Labute approximate surface area is 108 Å². The van der Waals surface area contributed by atoms with Crippen LogP contribution >= 0.6 is 0 Å². The highest BCUT2D eigenvalue weighted by Gasteiger charge is 2.11. The lowest BCUT2D eigenvalue weighted by Gasteiger charge is -2.12. The summed E-state index contributed by atoms with van der Waals surface area (Å²) >= 11 is 0. The van der Waals surface area contributed by atoms with Gasteiger partial charge in [-0.05, 0) is 19.8 Å². The van der Waals surface area contributed by atoms with Crippen molar-refractivity contribution in [1.29, 1.82) is 0 Å². The first-order valence-electron chi connectivity index (χ1n) is 6.57. The summed E-state index contributed by atoms with van der Waals surface area (Å²) in [4.78, 5) is 15.4. The van der Waals surface area contributed by atoms with Gasteiger partial charge in [-0.15, -0.1) is 0 Å². The predicted octanol–water partition coefficient (Wildman–Crippen LogP) is 1.51. The topological polar surface area (TPSA) is 70.1 Å². The van der Waals surface area contributed by atoms with Gasteiger partial charge in [0.05, 0.1) is 12.9 Å². The summed E-state index contributed by atoms with van der Waals surface area (Å²) in [6.07, 6.45) is 6.53. The molecule has 0 aliphatic rings. The average Bonchev–Trinajstić information content (AvgIpc) is 2.75. The van der Waals surface area contributed by atoms with Crippen molar-refractivity contribution in [1.82, 2.24) is 9.55 Å². The number of carbonyl (C=O) groups is 1. The van der Waals surface area contributed by atoms with E-state index in [9.17, 15) is 4.79 Å². The number of nitrogens with two attached hydrogens (primary N) is 1. The van der Waals surface area contributed by atoms with Crippen molar-refractivity contribution in [2.75, 3.05) is 6.61 Å². The van der Waals surface area contributed by atoms with Crippen molar-refractivity contribution in [3.8, 4) is 0 Å². The third kappa shape index (κ3) is 4.87. The van der Waals surface area contributed by atoms with E-state index in [0.717, 1.165) is 25.1 Å². The first kappa shape index (κ1) is 14.7. The highest BCUT2D eigenvalue weighted by atomic mass is 16.5. The van der Waals surface area contributed by atoms with Crippen LogP contribution in [-0.4, -0.2) is 28.2 Å². The molecule has 0 spiro atoms. The van der Waals surface area contributed by atoms with E-state index >= 15 is 0 Å². The lowest BCUT2D eigenvalue weighted by atomic mass is 10.1. The van der Waals surface area contributed by atoms with E-state index in [2.05, 4.69) is 16.5 Å². The monoisotopic (exact) mass is 253 g/mol. The van der Waals surface area contributed by atoms with E-state index in [-0.39, 0.29) is 12.0 Å². The van der Waals surface area contributed by atoms with E-state index in [1.165, 1.54) is 0 Å². The van der Waals surface area contributed by atoms with Crippen LogP contribution in [0.25, 0.3) is 0 Å². The fourth-order valence-corrected chi connectivity index (χ4v) is 1.87. The SMILES string of the molecule is CCCn1cncc1CC(N)CCC(=O)OCC. The number of rotatable bonds is 8. The molecule has 1 rings (SSSR count). The number of carbonyl (C=O) groups excluding carboxylic acids is 1. The van der Waals surface area contributed by atoms with E-state index < -0.39 is 0 Å². The zero-order valence-corrected chi connectivity index (χ0v) is 11.3. The largest absolute Gasteiger partial charge is 0.466 e. The van der Waals surface area contributed by atoms with E-state index in [4.69, 9.17) is 10.5 Å². The second-order valence-electron chi connectivity index (χ2n) is 4.39. The van der Waals surface area contributed by atoms with Crippen LogP contribution in [0.2, 0.25) is 0 Å². The van der Waals surface area contributed by atoms with Crippen molar-refractivity contribution in [2.24, 2.45) is 5.73 Å². The molecule has 102 valence electrons. The minimum Gasteiger partial charge on any atom is -0.466 e. The van der Waals surface area contributed by atoms with Gasteiger partial charge in [0.2, 0.25) is 0 Å². The third-order valence-corrected chi connectivity index (χ3v) is 2.76. The minimum atomic E-state index is -0.171. The fourth-order valence-electron chi connectivity index (χ4n) is 1.87. The maximum atomic E-state index is 11.2. The Hall–Kier alpha value is -1.36. The summed E-state index contributed by atoms with van der Waals surface area (Å²) in [7, 11) is 0. The maximum absolute atomic E-state index is 11.2. The number of imidazole rings is 1. The van der Waals surface area contributed by atoms with Crippen LogP contribution in [0.4, 0.5) is 0 Å². The van der Waals surface area contributed by atoms with Crippen LogP contribution in [0.3, 0.4) is 0 Å². The first-order valence-corrected chi connectivity index (χ1v) is 6.57. The lowest BCUT2D eigenvalue weighted by Crippen LogP contribution is -2.25. The van der Waals surface area contributed by atoms with Gasteiger partial charge in [0.25, 0.3) is 0 Å². The highest BCUT2D eigenvalue weighted by molar-refractivity contribution is 5.69. The molecular weight excluding hydrogens is 230 g/mol. The summed E-state index contributed by atoms with van der Waals surface area (Å²) < 4.78 is 6.99. The van der Waals surface area contributed by atoms with Crippen molar-refractivity contribution in [3.63, 3.8) is 0 Å². The van der Waals surface area contributed by atoms with E-state index in [0.29, 0.717) is 19.4 Å². The van der Waals surface area contributed by atoms with Crippen LogP contribution in [-0.2, 0) is 22.5 Å². The Bertz CT molecular complexity index is 363. The fraction of sp³-hybridized carbons (Fsp3) is 0.692. The van der Waals surface area contributed by atoms with Gasteiger partial charge in [0.1, 0.15) is 0 Å². The zero-order valence-electron chi connectivity index (χ0n) is 11.3. The maximum Gasteiger partial charge on any atom is 0.305 e. The Balaban J connectivity index is 2.37. The quantitative estimate of drug-likeness (QED) is 0.713. The van der Waals surface area contributed by atoms with Crippen LogP contribution in [0.15, 0.2) is 12.5 Å². The molecule has 1 aromatic heterocycles. The molecule has 0 radical (unpaired) electrons. The molecule has 0 saturated heterocycles. The third-order valence-electron chi connectivity index (χ3n) is 2.76. The molecule has 1 aromatic rings. The molecule has 0 fully saturated rings. The van der Waals surface area contributed by atoms with Crippen LogP contribution < -0.4 is 5.73 Å². The normalized spacial score (nSPS) is 12.4. The number of hydrogen-bond donors (Lipinski definition) is 1. The molecule has 1 atom stereocenters. The molecule has 5 nitrogen and oxygen atoms in total. The second kappa shape index (κ2) is 7.87. The van der Waals surface area contributed by atoms with Crippen molar-refractivity contribution < 1.29 is 9.53 Å². The van der Waals surface area contributed by atoms with Gasteiger partial charge >= 0.3 is 5.97 Å². The van der Waals surface area contributed by atoms with Gasteiger partial charge in [-0.3, -0.25) is 4.79 Å². The number of aryl methyl sites for hydroxylation is 1. The van der Waals surface area contributed by atoms with Crippen molar-refractivity contribution in [2.45, 2.75) is 52.1 Å². The van der Waals surface area contributed by atoms with Crippen molar-refractivity contribution in [3.05, 3.63) is 18.2 Å². The molecule has 0 saturated carbocycles. The van der Waals surface area contributed by atoms with Gasteiger partial charge in [-0.25, -0.2) is 4.98 Å². The molecule has 1 unspecified atom stereocenters. The zero-order chi connectivity index (χ0) is 13.4. The molecule has 18 heavy (non-hydrogen) atoms. The van der Waals surface area contributed by atoms with Crippen LogP contribution in [0, 0.1) is 0 Å². The Morgan fingerprint density at radius 2 is 2.33 bits per heavy atom. The Kier molecular flexibility index (Phi) is 6.43. The number of nitrogens with zero attached hydrogens (tertiary/aromatic N) is 2. The lowest BCUT2D eigenvalue weighted by molar-refractivity contribution is -0.143. The predicted molar refractivity (Wildman–Crippen MR) is 70.1 cm³/mol.